The zero-order chi connectivity index (χ0) is 20.7. The van der Waals surface area contributed by atoms with Gasteiger partial charge >= 0.3 is 0 Å². The second kappa shape index (κ2) is 7.76. The molecule has 1 aliphatic heterocycles. The smallest absolute Gasteiger partial charge is 0.229 e. The molecule has 30 heavy (non-hydrogen) atoms. The summed E-state index contributed by atoms with van der Waals surface area (Å²) >= 11 is 6.28. The molecule has 6 nitrogen and oxygen atoms in total. The van der Waals surface area contributed by atoms with E-state index in [1.807, 2.05) is 47.4 Å². The van der Waals surface area contributed by atoms with Gasteiger partial charge in [-0.25, -0.2) is 4.98 Å². The second-order valence-corrected chi connectivity index (χ2v) is 8.59. The summed E-state index contributed by atoms with van der Waals surface area (Å²) in [6.07, 6.45) is 3.67. The van der Waals surface area contributed by atoms with Gasteiger partial charge in [-0.2, -0.15) is 0 Å². The highest BCUT2D eigenvalue weighted by Gasteiger charge is 2.36. The standard InChI is InChI=1S/C23H23ClN4O2/c24-18-6-2-1-5-17(18)21-26-19-10-9-16(12-20(19)27-21)25-22(29)15-4-3-11-28(13-15)23(30)14-7-8-14/h1-2,5-6,9-10,12,14-15H,3-4,7-8,11,13H2,(H,25,29)(H,26,27). The summed E-state index contributed by atoms with van der Waals surface area (Å²) in [6.45, 7) is 1.29. The maximum atomic E-state index is 12.8. The summed E-state index contributed by atoms with van der Waals surface area (Å²) < 4.78 is 0. The van der Waals surface area contributed by atoms with Crippen LogP contribution in [0.2, 0.25) is 5.02 Å². The fourth-order valence-corrected chi connectivity index (χ4v) is 4.32. The van der Waals surface area contributed by atoms with Gasteiger partial charge in [-0.3, -0.25) is 9.59 Å². The summed E-state index contributed by atoms with van der Waals surface area (Å²) in [5, 5.41) is 3.65. The van der Waals surface area contributed by atoms with E-state index in [9.17, 15) is 9.59 Å². The number of rotatable bonds is 4. The van der Waals surface area contributed by atoms with Crippen LogP contribution in [0, 0.1) is 11.8 Å². The molecular formula is C23H23ClN4O2. The number of fused-ring (bicyclic) bond motifs is 1. The zero-order valence-corrected chi connectivity index (χ0v) is 17.3. The highest BCUT2D eigenvalue weighted by molar-refractivity contribution is 6.33. The van der Waals surface area contributed by atoms with Crippen molar-refractivity contribution in [3.05, 3.63) is 47.5 Å². The molecular weight excluding hydrogens is 400 g/mol. The summed E-state index contributed by atoms with van der Waals surface area (Å²) in [6, 6.07) is 13.2. The van der Waals surface area contributed by atoms with Gasteiger partial charge < -0.3 is 15.2 Å². The van der Waals surface area contributed by atoms with Gasteiger partial charge in [-0.15, -0.1) is 0 Å². The van der Waals surface area contributed by atoms with Gasteiger partial charge in [0.1, 0.15) is 5.82 Å². The molecule has 0 radical (unpaired) electrons. The molecule has 2 amide bonds. The summed E-state index contributed by atoms with van der Waals surface area (Å²) in [4.78, 5) is 35.0. The van der Waals surface area contributed by atoms with Gasteiger partial charge in [0.25, 0.3) is 0 Å². The Morgan fingerprint density at radius 2 is 1.93 bits per heavy atom. The van der Waals surface area contributed by atoms with Crippen molar-refractivity contribution in [3.63, 3.8) is 0 Å². The Morgan fingerprint density at radius 1 is 1.10 bits per heavy atom. The predicted molar refractivity (Wildman–Crippen MR) is 117 cm³/mol. The molecule has 7 heteroatoms. The number of likely N-dealkylation sites (tertiary alicyclic amines) is 1. The fraction of sp³-hybridized carbons (Fsp3) is 0.348. The van der Waals surface area contributed by atoms with E-state index in [-0.39, 0.29) is 23.7 Å². The molecule has 1 aromatic heterocycles. The third-order valence-electron chi connectivity index (χ3n) is 5.91. The maximum absolute atomic E-state index is 12.8. The second-order valence-electron chi connectivity index (χ2n) is 8.18. The average Bonchev–Trinajstić information content (AvgIpc) is 3.53. The van der Waals surface area contributed by atoms with Crippen LogP contribution in [0.25, 0.3) is 22.4 Å². The van der Waals surface area contributed by atoms with Crippen LogP contribution in [0.5, 0.6) is 0 Å². The molecule has 5 rings (SSSR count). The topological polar surface area (TPSA) is 78.1 Å². The first kappa shape index (κ1) is 19.1. The highest BCUT2D eigenvalue weighted by atomic mass is 35.5. The summed E-state index contributed by atoms with van der Waals surface area (Å²) in [5.74, 6) is 0.909. The van der Waals surface area contributed by atoms with Crippen LogP contribution in [0.1, 0.15) is 25.7 Å². The fourth-order valence-electron chi connectivity index (χ4n) is 4.09. The summed E-state index contributed by atoms with van der Waals surface area (Å²) in [7, 11) is 0. The number of aromatic nitrogens is 2. The monoisotopic (exact) mass is 422 g/mol. The molecule has 2 N–H and O–H groups in total. The zero-order valence-electron chi connectivity index (χ0n) is 16.5. The highest BCUT2D eigenvalue weighted by Crippen LogP contribution is 2.33. The maximum Gasteiger partial charge on any atom is 0.229 e. The molecule has 1 saturated heterocycles. The van der Waals surface area contributed by atoms with Crippen LogP contribution >= 0.6 is 11.6 Å². The van der Waals surface area contributed by atoms with E-state index in [1.165, 1.54) is 0 Å². The number of carbonyl (C=O) groups excluding carboxylic acids is 2. The van der Waals surface area contributed by atoms with Gasteiger partial charge in [0.05, 0.1) is 22.0 Å². The van der Waals surface area contributed by atoms with Crippen LogP contribution < -0.4 is 5.32 Å². The van der Waals surface area contributed by atoms with Crippen molar-refractivity contribution in [1.29, 1.82) is 0 Å². The Labute approximate surface area is 179 Å². The number of hydrogen-bond acceptors (Lipinski definition) is 3. The lowest BCUT2D eigenvalue weighted by Gasteiger charge is -2.32. The molecule has 2 aromatic carbocycles. The molecule has 2 aliphatic rings. The van der Waals surface area contributed by atoms with Crippen molar-refractivity contribution < 1.29 is 9.59 Å². The summed E-state index contributed by atoms with van der Waals surface area (Å²) in [5.41, 5.74) is 3.19. The van der Waals surface area contributed by atoms with Gasteiger partial charge in [0, 0.05) is 30.3 Å². The van der Waals surface area contributed by atoms with Gasteiger partial charge in [0.2, 0.25) is 11.8 Å². The predicted octanol–water partition coefficient (Wildman–Crippen LogP) is 4.47. The van der Waals surface area contributed by atoms with Crippen LogP contribution in [0.4, 0.5) is 5.69 Å². The van der Waals surface area contributed by atoms with Crippen molar-refractivity contribution in [2.24, 2.45) is 11.8 Å². The number of anilines is 1. The Balaban J connectivity index is 1.30. The molecule has 0 bridgehead atoms. The molecule has 154 valence electrons. The van der Waals surface area contributed by atoms with Crippen molar-refractivity contribution in [2.75, 3.05) is 18.4 Å². The third kappa shape index (κ3) is 3.79. The number of imidazole rings is 1. The Kier molecular flexibility index (Phi) is 4.95. The lowest BCUT2D eigenvalue weighted by molar-refractivity contribution is -0.135. The van der Waals surface area contributed by atoms with E-state index < -0.39 is 0 Å². The minimum absolute atomic E-state index is 0.0338. The first-order valence-corrected chi connectivity index (χ1v) is 10.8. The largest absolute Gasteiger partial charge is 0.342 e. The molecule has 1 atom stereocenters. The Hall–Kier alpha value is -2.86. The first-order chi connectivity index (χ1) is 14.6. The Morgan fingerprint density at radius 3 is 2.73 bits per heavy atom. The molecule has 3 aromatic rings. The molecule has 2 heterocycles. The SMILES string of the molecule is O=C(Nc1ccc2nc(-c3ccccc3Cl)[nH]c2c1)C1CCCN(C(=O)C2CC2)C1. The lowest BCUT2D eigenvalue weighted by Crippen LogP contribution is -2.44. The third-order valence-corrected chi connectivity index (χ3v) is 6.24. The number of halogens is 1. The number of nitrogens with zero attached hydrogens (tertiary/aromatic N) is 2. The van der Waals surface area contributed by atoms with Crippen LogP contribution in [0.15, 0.2) is 42.5 Å². The average molecular weight is 423 g/mol. The number of H-pyrrole nitrogens is 1. The van der Waals surface area contributed by atoms with E-state index in [1.54, 1.807) is 0 Å². The van der Waals surface area contributed by atoms with Gasteiger partial charge in [0.15, 0.2) is 0 Å². The number of hydrogen-bond donors (Lipinski definition) is 2. The molecule has 1 aliphatic carbocycles. The molecule has 2 fully saturated rings. The Bertz CT molecular complexity index is 1120. The number of carbonyl (C=O) groups is 2. The minimum Gasteiger partial charge on any atom is -0.342 e. The van der Waals surface area contributed by atoms with Crippen molar-refractivity contribution in [1.82, 2.24) is 14.9 Å². The molecule has 1 saturated carbocycles. The molecule has 0 spiro atoms. The van der Waals surface area contributed by atoms with Crippen LogP contribution in [-0.2, 0) is 9.59 Å². The minimum atomic E-state index is -0.169. The number of aromatic amines is 1. The van der Waals surface area contributed by atoms with Crippen LogP contribution in [0.3, 0.4) is 0 Å². The number of nitrogens with one attached hydrogen (secondary N) is 2. The quantitative estimate of drug-likeness (QED) is 0.651. The number of amides is 2. The van der Waals surface area contributed by atoms with Crippen molar-refractivity contribution in [3.8, 4) is 11.4 Å². The van der Waals surface area contributed by atoms with E-state index in [4.69, 9.17) is 11.6 Å². The van der Waals surface area contributed by atoms with Gasteiger partial charge in [-0.1, -0.05) is 23.7 Å². The van der Waals surface area contributed by atoms with E-state index >= 15 is 0 Å². The van der Waals surface area contributed by atoms with Gasteiger partial charge in [-0.05, 0) is 56.0 Å². The number of piperidine rings is 1. The van der Waals surface area contributed by atoms with E-state index in [0.29, 0.717) is 23.1 Å². The first-order valence-electron chi connectivity index (χ1n) is 10.4. The van der Waals surface area contributed by atoms with Crippen molar-refractivity contribution in [2.45, 2.75) is 25.7 Å². The number of benzene rings is 2. The van der Waals surface area contributed by atoms with Crippen molar-refractivity contribution >= 4 is 40.1 Å². The molecule has 1 unspecified atom stereocenters. The van der Waals surface area contributed by atoms with E-state index in [2.05, 4.69) is 15.3 Å². The lowest BCUT2D eigenvalue weighted by atomic mass is 9.96. The van der Waals surface area contributed by atoms with E-state index in [0.717, 1.165) is 48.8 Å². The normalized spacial score (nSPS) is 19.1. The van der Waals surface area contributed by atoms with Crippen LogP contribution in [-0.4, -0.2) is 39.8 Å².